The van der Waals surface area contributed by atoms with E-state index in [1.54, 1.807) is 11.6 Å². The maximum Gasteiger partial charge on any atom is 0.332 e. The van der Waals surface area contributed by atoms with Crippen LogP contribution in [0.5, 0.6) is 0 Å². The normalized spacial score (nSPS) is 11.0. The zero-order valence-corrected chi connectivity index (χ0v) is 17.4. The maximum atomic E-state index is 12.5. The molecule has 0 atom stereocenters. The van der Waals surface area contributed by atoms with Crippen molar-refractivity contribution in [3.63, 3.8) is 0 Å². The lowest BCUT2D eigenvalue weighted by Crippen LogP contribution is -2.37. The maximum absolute atomic E-state index is 12.5. The molecule has 158 valence electrons. The van der Waals surface area contributed by atoms with Crippen LogP contribution in [0.25, 0.3) is 22.3 Å². The van der Waals surface area contributed by atoms with Crippen LogP contribution in [-0.4, -0.2) is 24.6 Å². The van der Waals surface area contributed by atoms with Crippen molar-refractivity contribution in [2.45, 2.75) is 19.4 Å². The summed E-state index contributed by atoms with van der Waals surface area (Å²) in [5.74, 6) is -0.0998. The Hall–Kier alpha value is -3.94. The van der Waals surface area contributed by atoms with E-state index in [1.807, 2.05) is 54.6 Å². The summed E-state index contributed by atoms with van der Waals surface area (Å²) < 4.78 is 4.10. The fourth-order valence-electron chi connectivity index (χ4n) is 3.58. The Labute approximate surface area is 178 Å². The molecule has 0 aliphatic rings. The summed E-state index contributed by atoms with van der Waals surface area (Å²) in [5, 5.41) is 2.90. The lowest BCUT2D eigenvalue weighted by atomic mass is 10.1. The quantitative estimate of drug-likeness (QED) is 0.522. The molecule has 0 aliphatic heterocycles. The number of carbonyl (C=O) groups is 1. The lowest BCUT2D eigenvalue weighted by molar-refractivity contribution is -0.116. The van der Waals surface area contributed by atoms with Gasteiger partial charge in [-0.15, -0.1) is 0 Å². The molecule has 0 bridgehead atoms. The zero-order valence-electron chi connectivity index (χ0n) is 17.4. The fourth-order valence-corrected chi connectivity index (χ4v) is 3.58. The van der Waals surface area contributed by atoms with E-state index >= 15 is 0 Å². The highest BCUT2D eigenvalue weighted by molar-refractivity contribution is 5.91. The number of anilines is 1. The van der Waals surface area contributed by atoms with Crippen molar-refractivity contribution < 1.29 is 4.79 Å². The van der Waals surface area contributed by atoms with Crippen molar-refractivity contribution >= 4 is 22.8 Å². The molecular weight excluding hydrogens is 394 g/mol. The van der Waals surface area contributed by atoms with Crippen LogP contribution >= 0.6 is 0 Å². The smallest absolute Gasteiger partial charge is 0.326 e. The van der Waals surface area contributed by atoms with Gasteiger partial charge in [-0.3, -0.25) is 18.7 Å². The predicted octanol–water partition coefficient (Wildman–Crippen LogP) is 2.52. The number of amides is 1. The van der Waals surface area contributed by atoms with Crippen molar-refractivity contribution in [1.82, 2.24) is 18.7 Å². The van der Waals surface area contributed by atoms with E-state index in [4.69, 9.17) is 0 Å². The van der Waals surface area contributed by atoms with Gasteiger partial charge >= 0.3 is 5.69 Å². The van der Waals surface area contributed by atoms with Crippen LogP contribution in [0, 0.1) is 0 Å². The highest BCUT2D eigenvalue weighted by atomic mass is 16.2. The molecule has 0 fully saturated rings. The van der Waals surface area contributed by atoms with Gasteiger partial charge in [0.15, 0.2) is 11.2 Å². The summed E-state index contributed by atoms with van der Waals surface area (Å²) in [6.07, 6.45) is 2.36. The average molecular weight is 417 g/mol. The topological polar surface area (TPSA) is 90.9 Å². The van der Waals surface area contributed by atoms with E-state index < -0.39 is 11.2 Å². The number of imidazole rings is 1. The second-order valence-corrected chi connectivity index (χ2v) is 7.41. The van der Waals surface area contributed by atoms with Crippen LogP contribution < -0.4 is 16.6 Å². The van der Waals surface area contributed by atoms with Crippen molar-refractivity contribution in [2.75, 3.05) is 5.32 Å². The molecule has 0 saturated carbocycles. The molecule has 0 radical (unpaired) electrons. The number of aryl methyl sites for hydroxylation is 2. The van der Waals surface area contributed by atoms with Gasteiger partial charge in [0, 0.05) is 32.7 Å². The molecule has 2 aromatic heterocycles. The second kappa shape index (κ2) is 8.43. The Morgan fingerprint density at radius 2 is 1.61 bits per heavy atom. The molecular formula is C23H23N5O3. The van der Waals surface area contributed by atoms with Crippen LogP contribution in [0.3, 0.4) is 0 Å². The first-order valence-corrected chi connectivity index (χ1v) is 10.0. The number of fused-ring (bicyclic) bond motifs is 1. The highest BCUT2D eigenvalue weighted by Crippen LogP contribution is 2.21. The number of rotatable bonds is 6. The molecule has 4 rings (SSSR count). The molecule has 0 spiro atoms. The van der Waals surface area contributed by atoms with E-state index in [1.165, 1.54) is 17.9 Å². The molecule has 8 heteroatoms. The average Bonchev–Trinajstić information content (AvgIpc) is 3.21. The van der Waals surface area contributed by atoms with E-state index in [9.17, 15) is 14.4 Å². The van der Waals surface area contributed by atoms with Gasteiger partial charge in [-0.1, -0.05) is 42.5 Å². The van der Waals surface area contributed by atoms with Crippen LogP contribution in [-0.2, 0) is 25.4 Å². The summed E-state index contributed by atoms with van der Waals surface area (Å²) in [6.45, 7) is 0.449. The van der Waals surface area contributed by atoms with Gasteiger partial charge in [-0.2, -0.15) is 0 Å². The summed E-state index contributed by atoms with van der Waals surface area (Å²) >= 11 is 0. The van der Waals surface area contributed by atoms with E-state index in [0.29, 0.717) is 30.6 Å². The minimum atomic E-state index is -0.416. The second-order valence-electron chi connectivity index (χ2n) is 7.41. The van der Waals surface area contributed by atoms with E-state index in [0.717, 1.165) is 21.4 Å². The standard InChI is InChI=1S/C23H23N5O3/c1-26-21-20(22(30)27(2)23(26)31)28(15-24-21)14-6-9-19(29)25-18-12-10-17(11-13-18)16-7-4-3-5-8-16/h3-5,7-8,10-13,15H,6,9,14H2,1-2H3,(H,25,29). The number of hydrogen-bond acceptors (Lipinski definition) is 4. The third kappa shape index (κ3) is 4.05. The van der Waals surface area contributed by atoms with Gasteiger partial charge in [-0.05, 0) is 29.7 Å². The Kier molecular flexibility index (Phi) is 5.53. The minimum absolute atomic E-state index is 0.0998. The third-order valence-electron chi connectivity index (χ3n) is 5.30. The van der Waals surface area contributed by atoms with Crippen LogP contribution in [0.4, 0.5) is 5.69 Å². The summed E-state index contributed by atoms with van der Waals surface area (Å²) in [4.78, 5) is 41.0. The van der Waals surface area contributed by atoms with Crippen LogP contribution in [0.1, 0.15) is 12.8 Å². The Bertz CT molecular complexity index is 1350. The van der Waals surface area contributed by atoms with Gasteiger partial charge in [0.1, 0.15) is 0 Å². The summed E-state index contributed by atoms with van der Waals surface area (Å²) in [5.41, 5.74) is 2.84. The van der Waals surface area contributed by atoms with Gasteiger partial charge in [0.2, 0.25) is 5.91 Å². The molecule has 1 N–H and O–H groups in total. The largest absolute Gasteiger partial charge is 0.332 e. The lowest BCUT2D eigenvalue weighted by Gasteiger charge is -2.08. The van der Waals surface area contributed by atoms with Crippen molar-refractivity contribution in [1.29, 1.82) is 0 Å². The van der Waals surface area contributed by atoms with Crippen molar-refractivity contribution in [3.05, 3.63) is 81.8 Å². The Balaban J connectivity index is 1.38. The number of nitrogens with one attached hydrogen (secondary N) is 1. The monoisotopic (exact) mass is 417 g/mol. The number of aromatic nitrogens is 4. The first-order valence-electron chi connectivity index (χ1n) is 10.0. The van der Waals surface area contributed by atoms with E-state index in [2.05, 4.69) is 10.3 Å². The van der Waals surface area contributed by atoms with Crippen molar-refractivity contribution in [2.24, 2.45) is 14.1 Å². The molecule has 2 aromatic carbocycles. The molecule has 4 aromatic rings. The summed E-state index contributed by atoms with van der Waals surface area (Å²) in [7, 11) is 3.02. The zero-order chi connectivity index (χ0) is 22.0. The molecule has 0 aliphatic carbocycles. The molecule has 0 unspecified atom stereocenters. The molecule has 31 heavy (non-hydrogen) atoms. The summed E-state index contributed by atoms with van der Waals surface area (Å²) in [6, 6.07) is 17.8. The fraction of sp³-hybridized carbons (Fsp3) is 0.217. The van der Waals surface area contributed by atoms with Crippen LogP contribution in [0.15, 0.2) is 70.5 Å². The minimum Gasteiger partial charge on any atom is -0.326 e. The first kappa shape index (κ1) is 20.3. The first-order chi connectivity index (χ1) is 15.0. The predicted molar refractivity (Wildman–Crippen MR) is 120 cm³/mol. The van der Waals surface area contributed by atoms with Gasteiger partial charge in [0.25, 0.3) is 5.56 Å². The molecule has 2 heterocycles. The van der Waals surface area contributed by atoms with Gasteiger partial charge in [-0.25, -0.2) is 9.78 Å². The molecule has 0 saturated heterocycles. The number of hydrogen-bond donors (Lipinski definition) is 1. The number of nitrogens with zero attached hydrogens (tertiary/aromatic N) is 4. The molecule has 1 amide bonds. The SMILES string of the molecule is Cn1c(=O)c2c(ncn2CCCC(=O)Nc2ccc(-c3ccccc3)cc2)n(C)c1=O. The Morgan fingerprint density at radius 3 is 2.32 bits per heavy atom. The van der Waals surface area contributed by atoms with E-state index in [-0.39, 0.29) is 5.91 Å². The number of carbonyl (C=O) groups excluding carboxylic acids is 1. The van der Waals surface area contributed by atoms with Gasteiger partial charge < -0.3 is 9.88 Å². The van der Waals surface area contributed by atoms with Crippen molar-refractivity contribution in [3.8, 4) is 11.1 Å². The molecule has 8 nitrogen and oxygen atoms in total. The number of benzene rings is 2. The van der Waals surface area contributed by atoms with Gasteiger partial charge in [0.05, 0.1) is 6.33 Å². The highest BCUT2D eigenvalue weighted by Gasteiger charge is 2.14. The Morgan fingerprint density at radius 1 is 0.935 bits per heavy atom. The van der Waals surface area contributed by atoms with Crippen LogP contribution in [0.2, 0.25) is 0 Å². The third-order valence-corrected chi connectivity index (χ3v) is 5.30.